The molecule has 0 radical (unpaired) electrons. The molecule has 4 rings (SSSR count). The van der Waals surface area contributed by atoms with E-state index in [-0.39, 0.29) is 5.60 Å². The van der Waals surface area contributed by atoms with E-state index in [9.17, 15) is 0 Å². The fourth-order valence-corrected chi connectivity index (χ4v) is 4.57. The number of benzene rings is 1. The number of thiophene rings is 1. The van der Waals surface area contributed by atoms with Gasteiger partial charge in [0, 0.05) is 16.0 Å². The molecule has 0 amide bonds. The third kappa shape index (κ3) is 1.73. The summed E-state index contributed by atoms with van der Waals surface area (Å²) >= 11 is 1.86. The molecule has 1 nitrogen and oxygen atoms in total. The Morgan fingerprint density at radius 3 is 2.58 bits per heavy atom. The average molecular weight is 270 g/mol. The lowest BCUT2D eigenvalue weighted by Gasteiger charge is -2.38. The van der Waals surface area contributed by atoms with Crippen LogP contribution in [-0.2, 0) is 5.60 Å². The van der Waals surface area contributed by atoms with Crippen molar-refractivity contribution in [1.29, 1.82) is 0 Å². The van der Waals surface area contributed by atoms with Crippen LogP contribution >= 0.6 is 11.3 Å². The number of hydrogen-bond acceptors (Lipinski definition) is 2. The fraction of sp³-hybridized carbons (Fsp3) is 0.412. The second-order valence-electron chi connectivity index (χ2n) is 5.67. The molecule has 1 aliphatic heterocycles. The summed E-state index contributed by atoms with van der Waals surface area (Å²) in [5.41, 5.74) is 2.68. The van der Waals surface area contributed by atoms with Crippen molar-refractivity contribution in [2.45, 2.75) is 44.1 Å². The maximum Gasteiger partial charge on any atom is 0.135 e. The average Bonchev–Trinajstić information content (AvgIpc) is 2.83. The van der Waals surface area contributed by atoms with Crippen molar-refractivity contribution in [1.82, 2.24) is 0 Å². The van der Waals surface area contributed by atoms with Crippen LogP contribution in [0, 0.1) is 0 Å². The van der Waals surface area contributed by atoms with E-state index in [4.69, 9.17) is 4.74 Å². The van der Waals surface area contributed by atoms with Gasteiger partial charge in [0.15, 0.2) is 0 Å². The number of rotatable bonds is 0. The van der Waals surface area contributed by atoms with Crippen molar-refractivity contribution in [3.63, 3.8) is 0 Å². The van der Waals surface area contributed by atoms with Gasteiger partial charge in [0.2, 0.25) is 0 Å². The largest absolute Gasteiger partial charge is 0.482 e. The molecule has 98 valence electrons. The molecule has 19 heavy (non-hydrogen) atoms. The molecule has 1 saturated carbocycles. The zero-order valence-corrected chi connectivity index (χ0v) is 11.8. The van der Waals surface area contributed by atoms with Crippen molar-refractivity contribution in [3.8, 4) is 16.2 Å². The third-order valence-electron chi connectivity index (χ3n) is 4.50. The predicted octanol–water partition coefficient (Wildman–Crippen LogP) is 5.36. The van der Waals surface area contributed by atoms with Crippen molar-refractivity contribution < 1.29 is 4.74 Å². The van der Waals surface area contributed by atoms with Gasteiger partial charge in [-0.1, -0.05) is 25.0 Å². The highest BCUT2D eigenvalue weighted by Crippen LogP contribution is 2.52. The van der Waals surface area contributed by atoms with Crippen molar-refractivity contribution >= 4 is 11.3 Å². The van der Waals surface area contributed by atoms with Gasteiger partial charge in [-0.3, -0.25) is 0 Å². The molecule has 1 aliphatic carbocycles. The van der Waals surface area contributed by atoms with E-state index < -0.39 is 0 Å². The first-order chi connectivity index (χ1) is 9.39. The quantitative estimate of drug-likeness (QED) is 0.626. The molecule has 0 atom stereocenters. The topological polar surface area (TPSA) is 9.23 Å². The zero-order chi connectivity index (χ0) is 12.7. The summed E-state index contributed by atoms with van der Waals surface area (Å²) in [6, 6.07) is 10.8. The number of ether oxygens (including phenoxy) is 1. The maximum atomic E-state index is 6.53. The molecule has 0 saturated heterocycles. The minimum atomic E-state index is -0.0415. The Morgan fingerprint density at radius 1 is 0.947 bits per heavy atom. The Labute approximate surface area is 118 Å². The molecule has 2 heterocycles. The van der Waals surface area contributed by atoms with Crippen molar-refractivity contribution in [3.05, 3.63) is 41.3 Å². The second kappa shape index (κ2) is 4.38. The van der Waals surface area contributed by atoms with Gasteiger partial charge < -0.3 is 4.74 Å². The second-order valence-corrected chi connectivity index (χ2v) is 6.59. The molecule has 0 N–H and O–H groups in total. The number of fused-ring (bicyclic) bond motifs is 4. The Balaban J connectivity index is 1.89. The third-order valence-corrected chi connectivity index (χ3v) is 5.45. The molecular weight excluding hydrogens is 252 g/mol. The van der Waals surface area contributed by atoms with Gasteiger partial charge in [-0.25, -0.2) is 0 Å². The van der Waals surface area contributed by atoms with E-state index in [2.05, 4.69) is 35.7 Å². The molecule has 0 unspecified atom stereocenters. The highest BCUT2D eigenvalue weighted by Gasteiger charge is 2.41. The molecule has 1 aromatic heterocycles. The van der Waals surface area contributed by atoms with E-state index in [1.54, 1.807) is 0 Å². The lowest BCUT2D eigenvalue weighted by Crippen LogP contribution is -2.34. The first-order valence-corrected chi connectivity index (χ1v) is 8.13. The summed E-state index contributed by atoms with van der Waals surface area (Å²) in [7, 11) is 0. The van der Waals surface area contributed by atoms with Crippen molar-refractivity contribution in [2.75, 3.05) is 0 Å². The van der Waals surface area contributed by atoms with Crippen LogP contribution < -0.4 is 4.74 Å². The van der Waals surface area contributed by atoms with E-state index in [0.29, 0.717) is 0 Å². The lowest BCUT2D eigenvalue weighted by molar-refractivity contribution is 0.0472. The highest BCUT2D eigenvalue weighted by molar-refractivity contribution is 7.13. The number of para-hydroxylation sites is 1. The lowest BCUT2D eigenvalue weighted by atomic mass is 9.83. The monoisotopic (exact) mass is 270 g/mol. The summed E-state index contributed by atoms with van der Waals surface area (Å²) in [5, 5.41) is 2.22. The predicted molar refractivity (Wildman–Crippen MR) is 79.8 cm³/mol. The molecule has 1 spiro atoms. The van der Waals surface area contributed by atoms with Crippen LogP contribution in [-0.4, -0.2) is 0 Å². The normalized spacial score (nSPS) is 20.2. The van der Waals surface area contributed by atoms with Gasteiger partial charge in [-0.2, -0.15) is 0 Å². The molecule has 0 bridgehead atoms. The number of hydrogen-bond donors (Lipinski definition) is 0. The van der Waals surface area contributed by atoms with Crippen LogP contribution in [0.1, 0.15) is 44.1 Å². The summed E-state index contributed by atoms with van der Waals surface area (Å²) in [6.07, 6.45) is 7.63. The zero-order valence-electron chi connectivity index (χ0n) is 11.0. The first kappa shape index (κ1) is 11.5. The molecule has 2 heteroatoms. The van der Waals surface area contributed by atoms with Gasteiger partial charge in [0.1, 0.15) is 11.4 Å². The standard InChI is InChI=1S/C17H18OS/c1-2-6-11-17(10-5-1)14-9-12-19-16(14)13-7-3-4-8-15(13)18-17/h3-4,7-9,12H,1-2,5-6,10-11H2. The molecule has 2 aromatic rings. The van der Waals surface area contributed by atoms with E-state index in [1.165, 1.54) is 54.5 Å². The summed E-state index contributed by atoms with van der Waals surface area (Å²) in [6.45, 7) is 0. The van der Waals surface area contributed by atoms with Crippen LogP contribution in [0.3, 0.4) is 0 Å². The molecule has 1 aromatic carbocycles. The molecule has 2 aliphatic rings. The van der Waals surface area contributed by atoms with Gasteiger partial charge in [-0.05, 0) is 49.3 Å². The minimum absolute atomic E-state index is 0.0415. The van der Waals surface area contributed by atoms with E-state index in [1.807, 2.05) is 11.3 Å². The Bertz CT molecular complexity index is 591. The minimum Gasteiger partial charge on any atom is -0.482 e. The van der Waals surface area contributed by atoms with Gasteiger partial charge >= 0.3 is 0 Å². The SMILES string of the molecule is c1ccc2c(c1)OC1(CCCCCC1)c1ccsc1-2. The summed E-state index contributed by atoms with van der Waals surface area (Å²) in [4.78, 5) is 1.43. The maximum absolute atomic E-state index is 6.53. The van der Waals surface area contributed by atoms with E-state index >= 15 is 0 Å². The highest BCUT2D eigenvalue weighted by atomic mass is 32.1. The van der Waals surface area contributed by atoms with Crippen LogP contribution in [0.5, 0.6) is 5.75 Å². The van der Waals surface area contributed by atoms with Gasteiger partial charge in [0.05, 0.1) is 0 Å². The van der Waals surface area contributed by atoms with Gasteiger partial charge in [0.25, 0.3) is 0 Å². The molecular formula is C17H18OS. The van der Waals surface area contributed by atoms with Crippen LogP contribution in [0.2, 0.25) is 0 Å². The van der Waals surface area contributed by atoms with Gasteiger partial charge in [-0.15, -0.1) is 11.3 Å². The fourth-order valence-electron chi connectivity index (χ4n) is 3.56. The Kier molecular flexibility index (Phi) is 2.66. The Morgan fingerprint density at radius 2 is 1.74 bits per heavy atom. The summed E-state index contributed by atoms with van der Waals surface area (Å²) in [5.74, 6) is 1.08. The molecule has 1 fully saturated rings. The van der Waals surface area contributed by atoms with Crippen LogP contribution in [0.25, 0.3) is 10.4 Å². The van der Waals surface area contributed by atoms with Crippen LogP contribution in [0.15, 0.2) is 35.7 Å². The first-order valence-electron chi connectivity index (χ1n) is 7.25. The Hall–Kier alpha value is -1.28. The smallest absolute Gasteiger partial charge is 0.135 e. The van der Waals surface area contributed by atoms with Crippen molar-refractivity contribution in [2.24, 2.45) is 0 Å². The summed E-state index contributed by atoms with van der Waals surface area (Å²) < 4.78 is 6.53. The van der Waals surface area contributed by atoms with E-state index in [0.717, 1.165) is 5.75 Å². The van der Waals surface area contributed by atoms with Crippen LogP contribution in [0.4, 0.5) is 0 Å².